The molecule has 2 aromatic carbocycles. The van der Waals surface area contributed by atoms with Crippen LogP contribution in [0.3, 0.4) is 0 Å². The maximum atomic E-state index is 13.3. The summed E-state index contributed by atoms with van der Waals surface area (Å²) in [7, 11) is 9.41. The molecule has 2 aromatic rings. The summed E-state index contributed by atoms with van der Waals surface area (Å²) in [4.78, 5) is 32.9. The van der Waals surface area contributed by atoms with Gasteiger partial charge in [-0.1, -0.05) is 90.4 Å². The van der Waals surface area contributed by atoms with Crippen LogP contribution in [0.4, 0.5) is 17.1 Å². The van der Waals surface area contributed by atoms with Gasteiger partial charge in [-0.25, -0.2) is 4.58 Å². The minimum atomic E-state index is -4.33. The van der Waals surface area contributed by atoms with E-state index in [9.17, 15) is 22.6 Å². The fourth-order valence-electron chi connectivity index (χ4n) is 8.58. The van der Waals surface area contributed by atoms with Gasteiger partial charge in [0, 0.05) is 100 Å². The zero-order valence-electron chi connectivity index (χ0n) is 41.6. The standard InChI is InChI=1S/C52H80N6O7S/c1-10-12-13-14-15-16-17-18-19-20-21-22-23-24-32-53-52(60)44(31-34-66(61,62)63)54-50(59)26-25-33-58(11-2)46-38-47(64-9)43(37-45(46)57(7)8)51-41-29-27-39(55(3)4)35-48(41)65-49-36-40(56(5)6)28-30-42(49)51/h27-30,35-38,44H,10-26,31-34H2,1-9H3,(H2-,53,54,59,60,61,62,63)/p+1. The number of carbonyl (C=O) groups excluding carboxylic acids is 2. The van der Waals surface area contributed by atoms with E-state index in [4.69, 9.17) is 9.15 Å². The molecule has 0 radical (unpaired) electrons. The number of ether oxygens (including phenoxy) is 1. The Labute approximate surface area is 396 Å². The van der Waals surface area contributed by atoms with Crippen molar-refractivity contribution in [3.8, 4) is 28.2 Å². The fraction of sp³-hybridized carbons (Fsp3) is 0.596. The SMILES string of the molecule is CCCCCCCCCCCCCCCCNC(=O)C(CCS(=O)(=O)O)NC(=O)CCCN(CC)c1cc(OC)c(-c2c3ccc(=[N+](C)C)cc-3oc3cc(N(C)C)ccc23)cc1N(C)C. The first-order valence-electron chi connectivity index (χ1n) is 24.4. The largest absolute Gasteiger partial charge is 0.496 e. The van der Waals surface area contributed by atoms with Crippen molar-refractivity contribution in [2.24, 2.45) is 0 Å². The van der Waals surface area contributed by atoms with Crippen molar-refractivity contribution >= 4 is 50.0 Å². The van der Waals surface area contributed by atoms with Gasteiger partial charge in [0.05, 0.1) is 30.3 Å². The third-order valence-corrected chi connectivity index (χ3v) is 13.2. The van der Waals surface area contributed by atoms with Crippen molar-refractivity contribution < 1.29 is 31.7 Å². The molecule has 13 nitrogen and oxygen atoms in total. The molecule has 4 rings (SSSR count). The molecule has 14 heteroatoms. The smallest absolute Gasteiger partial charge is 0.264 e. The van der Waals surface area contributed by atoms with Crippen LogP contribution in [0.1, 0.15) is 123 Å². The summed E-state index contributed by atoms with van der Waals surface area (Å²) in [5.74, 6) is 0.0193. The third kappa shape index (κ3) is 16.5. The molecule has 0 saturated heterocycles. The van der Waals surface area contributed by atoms with Crippen molar-refractivity contribution in [3.05, 3.63) is 53.9 Å². The molecule has 1 heterocycles. The van der Waals surface area contributed by atoms with E-state index < -0.39 is 27.8 Å². The highest BCUT2D eigenvalue weighted by atomic mass is 32.2. The lowest BCUT2D eigenvalue weighted by molar-refractivity contribution is -0.129. The first kappa shape index (κ1) is 53.8. The minimum absolute atomic E-state index is 0.118. The van der Waals surface area contributed by atoms with Crippen molar-refractivity contribution in [2.75, 3.05) is 89.5 Å². The number of carbonyl (C=O) groups is 2. The maximum absolute atomic E-state index is 13.3. The van der Waals surface area contributed by atoms with Gasteiger partial charge in [-0.3, -0.25) is 14.1 Å². The van der Waals surface area contributed by atoms with Crippen molar-refractivity contribution in [1.82, 2.24) is 15.2 Å². The Morgan fingerprint density at radius 3 is 1.97 bits per heavy atom. The van der Waals surface area contributed by atoms with Crippen LogP contribution >= 0.6 is 0 Å². The van der Waals surface area contributed by atoms with Gasteiger partial charge in [0.25, 0.3) is 10.1 Å². The second kappa shape index (κ2) is 27.1. The Hall–Kier alpha value is -4.82. The molecule has 3 N–H and O–H groups in total. The second-order valence-corrected chi connectivity index (χ2v) is 19.9. The summed E-state index contributed by atoms with van der Waals surface area (Å²) in [6.45, 7) is 5.95. The van der Waals surface area contributed by atoms with Crippen LogP contribution in [0, 0.1) is 0 Å². The van der Waals surface area contributed by atoms with Crippen LogP contribution < -0.4 is 40.0 Å². The van der Waals surface area contributed by atoms with Crippen LogP contribution in [0.15, 0.2) is 52.9 Å². The number of anilines is 3. The number of methoxy groups -OCH3 is 1. The Bertz CT molecular complexity index is 2300. The second-order valence-electron chi connectivity index (χ2n) is 18.3. The summed E-state index contributed by atoms with van der Waals surface area (Å²) >= 11 is 0. The number of rotatable bonds is 30. The molecule has 1 aliphatic heterocycles. The number of unbranched alkanes of at least 4 members (excludes halogenated alkanes) is 13. The van der Waals surface area contributed by atoms with Gasteiger partial charge in [-0.2, -0.15) is 8.42 Å². The Morgan fingerprint density at radius 2 is 1.41 bits per heavy atom. The third-order valence-electron chi connectivity index (χ3n) is 12.5. The number of fused-ring (bicyclic) bond motifs is 2. The highest BCUT2D eigenvalue weighted by Gasteiger charge is 2.26. The zero-order valence-corrected chi connectivity index (χ0v) is 42.5. The average molecular weight is 934 g/mol. The number of benzene rings is 3. The number of hydrogen-bond donors (Lipinski definition) is 3. The quantitative estimate of drug-likeness (QED) is 0.0200. The van der Waals surface area contributed by atoms with Gasteiger partial charge in [-0.15, -0.1) is 0 Å². The summed E-state index contributed by atoms with van der Waals surface area (Å²) in [5, 5.41) is 7.63. The maximum Gasteiger partial charge on any atom is 0.264 e. The molecule has 2 aliphatic rings. The first-order valence-corrected chi connectivity index (χ1v) is 26.0. The number of nitrogens with one attached hydrogen (secondary N) is 2. The Morgan fingerprint density at radius 1 is 0.773 bits per heavy atom. The number of hydrogen-bond acceptors (Lipinski definition) is 9. The number of nitrogens with zero attached hydrogens (tertiary/aromatic N) is 4. The molecule has 0 fully saturated rings. The van der Waals surface area contributed by atoms with E-state index >= 15 is 0 Å². The van der Waals surface area contributed by atoms with E-state index in [0.29, 0.717) is 31.8 Å². The summed E-state index contributed by atoms with van der Waals surface area (Å²) in [6.07, 6.45) is 17.7. The van der Waals surface area contributed by atoms with Crippen molar-refractivity contribution in [2.45, 2.75) is 129 Å². The van der Waals surface area contributed by atoms with Gasteiger partial charge in [0.1, 0.15) is 37.2 Å². The molecule has 1 atom stereocenters. The van der Waals surface area contributed by atoms with Crippen LogP contribution in [0.25, 0.3) is 33.4 Å². The van der Waals surface area contributed by atoms with E-state index in [1.807, 2.05) is 42.3 Å². The summed E-state index contributed by atoms with van der Waals surface area (Å²) in [5.41, 5.74) is 6.56. The molecular formula is C52H81N6O7S+. The highest BCUT2D eigenvalue weighted by Crippen LogP contribution is 2.47. The normalized spacial score (nSPS) is 12.0. The first-order chi connectivity index (χ1) is 31.6. The minimum Gasteiger partial charge on any atom is -0.496 e. The molecule has 66 heavy (non-hydrogen) atoms. The van der Waals surface area contributed by atoms with Crippen LogP contribution in [0.5, 0.6) is 5.75 Å². The van der Waals surface area contributed by atoms with Gasteiger partial charge in [-0.05, 0) is 50.5 Å². The van der Waals surface area contributed by atoms with E-state index in [1.165, 1.54) is 70.6 Å². The molecule has 1 unspecified atom stereocenters. The monoisotopic (exact) mass is 934 g/mol. The lowest BCUT2D eigenvalue weighted by atomic mass is 9.92. The number of amides is 2. The van der Waals surface area contributed by atoms with Gasteiger partial charge in [0.2, 0.25) is 17.2 Å². The summed E-state index contributed by atoms with van der Waals surface area (Å²) < 4.78 is 47.6. The molecule has 0 bridgehead atoms. The van der Waals surface area contributed by atoms with Crippen LogP contribution in [-0.2, 0) is 19.7 Å². The van der Waals surface area contributed by atoms with Gasteiger partial charge in [0.15, 0.2) is 0 Å². The fourth-order valence-corrected chi connectivity index (χ4v) is 9.12. The molecule has 0 aromatic heterocycles. The van der Waals surface area contributed by atoms with Gasteiger partial charge >= 0.3 is 0 Å². The lowest BCUT2D eigenvalue weighted by Crippen LogP contribution is -2.47. The van der Waals surface area contributed by atoms with Crippen molar-refractivity contribution in [1.29, 1.82) is 0 Å². The van der Waals surface area contributed by atoms with E-state index in [0.717, 1.165) is 75.1 Å². The Balaban J connectivity index is 1.41. The lowest BCUT2D eigenvalue weighted by Gasteiger charge is -2.30. The molecule has 366 valence electrons. The van der Waals surface area contributed by atoms with E-state index in [2.05, 4.69) is 92.3 Å². The van der Waals surface area contributed by atoms with Crippen LogP contribution in [0.2, 0.25) is 0 Å². The zero-order chi connectivity index (χ0) is 48.2. The average Bonchev–Trinajstić information content (AvgIpc) is 3.28. The topological polar surface area (TPSA) is 148 Å². The van der Waals surface area contributed by atoms with E-state index in [1.54, 1.807) is 7.11 Å². The van der Waals surface area contributed by atoms with E-state index in [-0.39, 0.29) is 18.7 Å². The van der Waals surface area contributed by atoms with Crippen molar-refractivity contribution in [3.63, 3.8) is 0 Å². The summed E-state index contributed by atoms with van der Waals surface area (Å²) in [6, 6.07) is 15.7. The highest BCUT2D eigenvalue weighted by molar-refractivity contribution is 7.85. The Kier molecular flexibility index (Phi) is 22.1. The predicted octanol–water partition coefficient (Wildman–Crippen LogP) is 9.34. The van der Waals surface area contributed by atoms with Crippen LogP contribution in [-0.4, -0.2) is 106 Å². The van der Waals surface area contributed by atoms with Gasteiger partial charge < -0.3 is 34.5 Å². The molecule has 1 aliphatic carbocycles. The molecule has 0 saturated carbocycles. The molecule has 2 amide bonds. The molecular weight excluding hydrogens is 853 g/mol. The predicted molar refractivity (Wildman–Crippen MR) is 274 cm³/mol. The molecule has 0 spiro atoms.